The molecular weight excluding hydrogens is 593 g/mol. The lowest BCUT2D eigenvalue weighted by molar-refractivity contribution is -0.118. The molecule has 43 heavy (non-hydrogen) atoms. The van der Waals surface area contributed by atoms with Gasteiger partial charge in [-0.15, -0.1) is 0 Å². The zero-order chi connectivity index (χ0) is 30.6. The highest BCUT2D eigenvalue weighted by atomic mass is 35.5. The van der Waals surface area contributed by atoms with Crippen LogP contribution in [0.5, 0.6) is 23.0 Å². The number of benzene rings is 4. The standard InChI is InChI=1S/C32H29Cl2N3O6/c1-3-41-30-15-22(9-13-28(30)43-20-31(38)36-24-11-12-25(33)26(34)17-24)18-35-37-32(39)23-10-14-27(29(16-23)40-2)42-19-21-7-5-4-6-8-21/h4-18H,3,19-20H2,1-2H3,(H,36,38)(H,37,39)/b35-18+. The summed E-state index contributed by atoms with van der Waals surface area (Å²) in [4.78, 5) is 25.1. The third-order valence-corrected chi connectivity index (χ3v) is 6.61. The number of anilines is 1. The van der Waals surface area contributed by atoms with Gasteiger partial charge < -0.3 is 24.3 Å². The molecule has 0 atom stereocenters. The fourth-order valence-corrected chi connectivity index (χ4v) is 4.10. The molecule has 4 aromatic carbocycles. The Hall–Kier alpha value is -4.73. The molecule has 2 N–H and O–H groups in total. The van der Waals surface area contributed by atoms with Crippen molar-refractivity contribution in [3.63, 3.8) is 0 Å². The first-order valence-corrected chi connectivity index (χ1v) is 13.9. The lowest BCUT2D eigenvalue weighted by Crippen LogP contribution is -2.20. The van der Waals surface area contributed by atoms with Crippen LogP contribution in [-0.4, -0.2) is 38.4 Å². The average Bonchev–Trinajstić information content (AvgIpc) is 3.02. The van der Waals surface area contributed by atoms with Crippen molar-refractivity contribution in [1.29, 1.82) is 0 Å². The first-order chi connectivity index (χ1) is 20.9. The molecule has 0 spiro atoms. The summed E-state index contributed by atoms with van der Waals surface area (Å²) in [5.74, 6) is 0.910. The molecular formula is C32H29Cl2N3O6. The van der Waals surface area contributed by atoms with Crippen molar-refractivity contribution in [1.82, 2.24) is 5.43 Å². The van der Waals surface area contributed by atoms with Gasteiger partial charge in [-0.3, -0.25) is 9.59 Å². The van der Waals surface area contributed by atoms with Crippen molar-refractivity contribution < 1.29 is 28.5 Å². The van der Waals surface area contributed by atoms with Gasteiger partial charge in [-0.25, -0.2) is 5.43 Å². The Labute approximate surface area is 259 Å². The summed E-state index contributed by atoms with van der Waals surface area (Å²) in [6.45, 7) is 2.31. The van der Waals surface area contributed by atoms with Crippen LogP contribution in [0.1, 0.15) is 28.4 Å². The Bertz CT molecular complexity index is 1600. The molecule has 0 heterocycles. The van der Waals surface area contributed by atoms with Crippen LogP contribution >= 0.6 is 23.2 Å². The second kappa shape index (κ2) is 15.5. The quantitative estimate of drug-likeness (QED) is 0.126. The van der Waals surface area contributed by atoms with Crippen LogP contribution < -0.4 is 29.7 Å². The molecule has 9 nitrogen and oxygen atoms in total. The molecule has 0 saturated heterocycles. The first-order valence-electron chi connectivity index (χ1n) is 13.2. The number of hydrazone groups is 1. The van der Waals surface area contributed by atoms with Gasteiger partial charge in [0, 0.05) is 11.3 Å². The normalized spacial score (nSPS) is 10.7. The van der Waals surface area contributed by atoms with E-state index in [-0.39, 0.29) is 12.5 Å². The van der Waals surface area contributed by atoms with Crippen LogP contribution in [0.3, 0.4) is 0 Å². The van der Waals surface area contributed by atoms with Crippen LogP contribution in [0.25, 0.3) is 0 Å². The predicted molar refractivity (Wildman–Crippen MR) is 167 cm³/mol. The molecule has 0 fully saturated rings. The van der Waals surface area contributed by atoms with Crippen molar-refractivity contribution in [3.05, 3.63) is 112 Å². The minimum atomic E-state index is -0.429. The number of methoxy groups -OCH3 is 1. The number of carbonyl (C=O) groups is 2. The number of carbonyl (C=O) groups excluding carboxylic acids is 2. The van der Waals surface area contributed by atoms with Crippen molar-refractivity contribution in [3.8, 4) is 23.0 Å². The third-order valence-electron chi connectivity index (χ3n) is 5.87. The molecule has 222 valence electrons. The summed E-state index contributed by atoms with van der Waals surface area (Å²) in [6.07, 6.45) is 1.47. The molecule has 0 aliphatic carbocycles. The predicted octanol–water partition coefficient (Wildman–Crippen LogP) is 6.76. The Morgan fingerprint density at radius 1 is 0.814 bits per heavy atom. The molecule has 0 bridgehead atoms. The van der Waals surface area contributed by atoms with Crippen molar-refractivity contribution in [2.75, 3.05) is 25.6 Å². The molecule has 0 unspecified atom stereocenters. The van der Waals surface area contributed by atoms with Crippen LogP contribution in [-0.2, 0) is 11.4 Å². The second-order valence-corrected chi connectivity index (χ2v) is 9.76. The summed E-state index contributed by atoms with van der Waals surface area (Å²) in [5.41, 5.74) is 4.99. The Morgan fingerprint density at radius 2 is 1.58 bits per heavy atom. The molecule has 4 aromatic rings. The summed E-state index contributed by atoms with van der Waals surface area (Å²) in [7, 11) is 1.51. The summed E-state index contributed by atoms with van der Waals surface area (Å²) in [6, 6.07) is 24.5. The van der Waals surface area contributed by atoms with E-state index in [4.69, 9.17) is 42.1 Å². The van der Waals surface area contributed by atoms with E-state index in [0.29, 0.717) is 63.1 Å². The topological polar surface area (TPSA) is 107 Å². The Balaban J connectivity index is 1.33. The highest BCUT2D eigenvalue weighted by Crippen LogP contribution is 2.30. The van der Waals surface area contributed by atoms with Gasteiger partial charge in [0.1, 0.15) is 6.61 Å². The monoisotopic (exact) mass is 621 g/mol. The van der Waals surface area contributed by atoms with Crippen LogP contribution in [0.4, 0.5) is 5.69 Å². The number of hydrogen-bond donors (Lipinski definition) is 2. The zero-order valence-electron chi connectivity index (χ0n) is 23.4. The fraction of sp³-hybridized carbons (Fsp3) is 0.156. The van der Waals surface area contributed by atoms with Crippen molar-refractivity contribution >= 4 is 46.9 Å². The average molecular weight is 623 g/mol. The SMILES string of the molecule is CCOc1cc(/C=N/NC(=O)c2ccc(OCc3ccccc3)c(OC)c2)ccc1OCC(=O)Nc1ccc(Cl)c(Cl)c1. The lowest BCUT2D eigenvalue weighted by Gasteiger charge is -2.13. The van der Waals surface area contributed by atoms with Gasteiger partial charge in [0.25, 0.3) is 11.8 Å². The molecule has 11 heteroatoms. The van der Waals surface area contributed by atoms with Gasteiger partial charge in [-0.05, 0) is 72.6 Å². The van der Waals surface area contributed by atoms with E-state index in [1.807, 2.05) is 37.3 Å². The first kappa shape index (κ1) is 31.2. The maximum atomic E-state index is 12.7. The molecule has 0 aliphatic heterocycles. The van der Waals surface area contributed by atoms with E-state index in [0.717, 1.165) is 5.56 Å². The van der Waals surface area contributed by atoms with E-state index in [1.165, 1.54) is 13.3 Å². The van der Waals surface area contributed by atoms with E-state index in [9.17, 15) is 9.59 Å². The minimum absolute atomic E-state index is 0.261. The van der Waals surface area contributed by atoms with Gasteiger partial charge in [0.2, 0.25) is 0 Å². The smallest absolute Gasteiger partial charge is 0.271 e. The number of hydrogen-bond acceptors (Lipinski definition) is 7. The van der Waals surface area contributed by atoms with Crippen molar-refractivity contribution in [2.24, 2.45) is 5.10 Å². The molecule has 4 rings (SSSR count). The maximum absolute atomic E-state index is 12.7. The summed E-state index contributed by atoms with van der Waals surface area (Å²) < 4.78 is 22.6. The lowest BCUT2D eigenvalue weighted by atomic mass is 10.2. The van der Waals surface area contributed by atoms with Gasteiger partial charge in [-0.2, -0.15) is 5.10 Å². The highest BCUT2D eigenvalue weighted by molar-refractivity contribution is 6.42. The van der Waals surface area contributed by atoms with Crippen LogP contribution in [0.2, 0.25) is 10.0 Å². The molecule has 2 amide bonds. The number of nitrogens with one attached hydrogen (secondary N) is 2. The molecule has 0 saturated carbocycles. The van der Waals surface area contributed by atoms with Gasteiger partial charge >= 0.3 is 0 Å². The number of halogens is 2. The number of ether oxygens (including phenoxy) is 4. The second-order valence-electron chi connectivity index (χ2n) is 8.94. The Morgan fingerprint density at radius 3 is 2.33 bits per heavy atom. The van der Waals surface area contributed by atoms with E-state index in [1.54, 1.807) is 54.6 Å². The van der Waals surface area contributed by atoms with E-state index >= 15 is 0 Å². The molecule has 0 radical (unpaired) electrons. The summed E-state index contributed by atoms with van der Waals surface area (Å²) >= 11 is 11.9. The summed E-state index contributed by atoms with van der Waals surface area (Å²) in [5, 5.41) is 7.47. The molecule has 0 aromatic heterocycles. The zero-order valence-corrected chi connectivity index (χ0v) is 24.9. The Kier molecular flexibility index (Phi) is 11.2. The van der Waals surface area contributed by atoms with E-state index < -0.39 is 5.91 Å². The van der Waals surface area contributed by atoms with Crippen LogP contribution in [0, 0.1) is 0 Å². The highest BCUT2D eigenvalue weighted by Gasteiger charge is 2.13. The van der Waals surface area contributed by atoms with Crippen molar-refractivity contribution in [2.45, 2.75) is 13.5 Å². The van der Waals surface area contributed by atoms with E-state index in [2.05, 4.69) is 15.8 Å². The largest absolute Gasteiger partial charge is 0.493 e. The van der Waals surface area contributed by atoms with Gasteiger partial charge in [-0.1, -0.05) is 53.5 Å². The molecule has 0 aliphatic rings. The number of nitrogens with zero attached hydrogens (tertiary/aromatic N) is 1. The maximum Gasteiger partial charge on any atom is 0.271 e. The minimum Gasteiger partial charge on any atom is -0.493 e. The number of rotatable bonds is 13. The van der Waals surface area contributed by atoms with Crippen LogP contribution in [0.15, 0.2) is 90.0 Å². The fourth-order valence-electron chi connectivity index (χ4n) is 3.80. The van der Waals surface area contributed by atoms with Gasteiger partial charge in [0.05, 0.1) is 30.0 Å². The van der Waals surface area contributed by atoms with Gasteiger partial charge in [0.15, 0.2) is 29.6 Å². The number of amides is 2. The third kappa shape index (κ3) is 9.13.